The summed E-state index contributed by atoms with van der Waals surface area (Å²) in [4.78, 5) is 10.3. The molecule has 1 aromatic rings. The summed E-state index contributed by atoms with van der Waals surface area (Å²) in [6.07, 6.45) is 2.88. The Hall–Kier alpha value is -1.31. The molecule has 0 aromatic heterocycles. The lowest BCUT2D eigenvalue weighted by atomic mass is 10.0. The van der Waals surface area contributed by atoms with Crippen molar-refractivity contribution in [3.63, 3.8) is 0 Å². The van der Waals surface area contributed by atoms with Gasteiger partial charge in [-0.2, -0.15) is 0 Å². The number of carbonyl (C=O) groups excluding carboxylic acids is 1. The first-order chi connectivity index (χ1) is 6.83. The van der Waals surface area contributed by atoms with E-state index in [1.165, 1.54) is 11.1 Å². The number of hydrogen-bond acceptors (Lipinski definition) is 2. The largest absolute Gasteiger partial charge is 0.378 e. The summed E-state index contributed by atoms with van der Waals surface area (Å²) in [5, 5.41) is 3.17. The Balaban J connectivity index is 2.99. The second-order valence-electron chi connectivity index (χ2n) is 3.21. The number of rotatable bonds is 5. The van der Waals surface area contributed by atoms with Crippen molar-refractivity contribution in [3.05, 3.63) is 29.3 Å². The molecule has 2 nitrogen and oxygen atoms in total. The summed E-state index contributed by atoms with van der Waals surface area (Å²) >= 11 is 0. The van der Waals surface area contributed by atoms with E-state index in [-0.39, 0.29) is 0 Å². The zero-order chi connectivity index (χ0) is 10.4. The molecule has 14 heavy (non-hydrogen) atoms. The Morgan fingerprint density at radius 3 is 2.21 bits per heavy atom. The highest BCUT2D eigenvalue weighted by Gasteiger charge is 2.04. The van der Waals surface area contributed by atoms with E-state index < -0.39 is 0 Å². The fraction of sp³-hybridized carbons (Fsp3) is 0.417. The quantitative estimate of drug-likeness (QED) is 0.724. The van der Waals surface area contributed by atoms with Crippen LogP contribution in [-0.2, 0) is 17.6 Å². The van der Waals surface area contributed by atoms with Crippen LogP contribution >= 0.6 is 0 Å². The molecule has 2 heteroatoms. The van der Waals surface area contributed by atoms with Crippen LogP contribution < -0.4 is 5.32 Å². The third-order valence-corrected chi connectivity index (χ3v) is 2.36. The van der Waals surface area contributed by atoms with E-state index >= 15 is 0 Å². The molecule has 0 aliphatic heterocycles. The van der Waals surface area contributed by atoms with E-state index in [2.05, 4.69) is 37.4 Å². The maximum absolute atomic E-state index is 10.3. The number of aldehydes is 1. The predicted octanol–water partition coefficient (Wildman–Crippen LogP) is 2.42. The summed E-state index contributed by atoms with van der Waals surface area (Å²) in [5.41, 5.74) is 3.71. The van der Waals surface area contributed by atoms with Gasteiger partial charge in [0.25, 0.3) is 0 Å². The molecule has 0 aliphatic carbocycles. The molecule has 0 fully saturated rings. The summed E-state index contributed by atoms with van der Waals surface area (Å²) in [7, 11) is 0. The molecule has 0 spiro atoms. The van der Waals surface area contributed by atoms with Crippen molar-refractivity contribution in [2.75, 3.05) is 11.9 Å². The minimum Gasteiger partial charge on any atom is -0.378 e. The van der Waals surface area contributed by atoms with Gasteiger partial charge in [0, 0.05) is 5.69 Å². The van der Waals surface area contributed by atoms with Crippen molar-refractivity contribution < 1.29 is 4.79 Å². The number of para-hydroxylation sites is 1. The monoisotopic (exact) mass is 191 g/mol. The van der Waals surface area contributed by atoms with Crippen LogP contribution in [0.4, 0.5) is 5.69 Å². The summed E-state index contributed by atoms with van der Waals surface area (Å²) in [5.74, 6) is 0. The SMILES string of the molecule is CCc1cccc(CC)c1NCC=O. The molecule has 0 saturated carbocycles. The molecule has 0 aliphatic rings. The zero-order valence-electron chi connectivity index (χ0n) is 8.84. The van der Waals surface area contributed by atoms with Gasteiger partial charge in [-0.15, -0.1) is 0 Å². The van der Waals surface area contributed by atoms with E-state index in [0.717, 1.165) is 24.8 Å². The Morgan fingerprint density at radius 1 is 1.21 bits per heavy atom. The highest BCUT2D eigenvalue weighted by Crippen LogP contribution is 2.21. The first kappa shape index (κ1) is 10.8. The van der Waals surface area contributed by atoms with Crippen molar-refractivity contribution in [1.82, 2.24) is 0 Å². The maximum atomic E-state index is 10.3. The Labute approximate surface area is 85.3 Å². The first-order valence-electron chi connectivity index (χ1n) is 5.11. The number of hydrogen-bond donors (Lipinski definition) is 1. The van der Waals surface area contributed by atoms with Gasteiger partial charge in [0.1, 0.15) is 6.29 Å². The molecule has 0 bridgehead atoms. The lowest BCUT2D eigenvalue weighted by Crippen LogP contribution is -2.07. The molecule has 1 rings (SSSR count). The molecule has 1 N–H and O–H groups in total. The molecular formula is C12H17NO. The first-order valence-corrected chi connectivity index (χ1v) is 5.11. The molecule has 0 heterocycles. The number of aryl methyl sites for hydroxylation is 2. The van der Waals surface area contributed by atoms with E-state index in [0.29, 0.717) is 6.54 Å². The van der Waals surface area contributed by atoms with E-state index in [1.807, 2.05) is 0 Å². The van der Waals surface area contributed by atoms with Crippen LogP contribution in [0.5, 0.6) is 0 Å². The predicted molar refractivity (Wildman–Crippen MR) is 59.8 cm³/mol. The number of carbonyl (C=O) groups is 1. The van der Waals surface area contributed by atoms with Gasteiger partial charge in [-0.1, -0.05) is 32.0 Å². The fourth-order valence-corrected chi connectivity index (χ4v) is 1.61. The lowest BCUT2D eigenvalue weighted by Gasteiger charge is -2.13. The van der Waals surface area contributed by atoms with Crippen LogP contribution in [0.25, 0.3) is 0 Å². The van der Waals surface area contributed by atoms with Crippen molar-refractivity contribution in [3.8, 4) is 0 Å². The van der Waals surface area contributed by atoms with Gasteiger partial charge in [0.05, 0.1) is 6.54 Å². The Kier molecular flexibility index (Phi) is 4.17. The molecule has 0 saturated heterocycles. The second-order valence-corrected chi connectivity index (χ2v) is 3.21. The van der Waals surface area contributed by atoms with E-state index in [1.54, 1.807) is 0 Å². The molecule has 0 amide bonds. The van der Waals surface area contributed by atoms with Crippen molar-refractivity contribution in [2.24, 2.45) is 0 Å². The van der Waals surface area contributed by atoms with Crippen molar-refractivity contribution >= 4 is 12.0 Å². The second kappa shape index (κ2) is 5.43. The summed E-state index contributed by atoms with van der Waals surface area (Å²) < 4.78 is 0. The van der Waals surface area contributed by atoms with Crippen molar-refractivity contribution in [2.45, 2.75) is 26.7 Å². The number of nitrogens with one attached hydrogen (secondary N) is 1. The standard InChI is InChI=1S/C12H17NO/c1-3-10-6-5-7-11(4-2)12(10)13-8-9-14/h5-7,9,13H,3-4,8H2,1-2H3. The van der Waals surface area contributed by atoms with Gasteiger partial charge in [-0.05, 0) is 24.0 Å². The molecule has 0 unspecified atom stereocenters. The van der Waals surface area contributed by atoms with E-state index in [9.17, 15) is 4.79 Å². The summed E-state index contributed by atoms with van der Waals surface area (Å²) in [6, 6.07) is 6.28. The smallest absolute Gasteiger partial charge is 0.139 e. The van der Waals surface area contributed by atoms with Gasteiger partial charge >= 0.3 is 0 Å². The van der Waals surface area contributed by atoms with Crippen LogP contribution in [0.3, 0.4) is 0 Å². The van der Waals surface area contributed by atoms with Crippen LogP contribution in [-0.4, -0.2) is 12.8 Å². The molecule has 1 aromatic carbocycles. The normalized spacial score (nSPS) is 9.86. The van der Waals surface area contributed by atoms with Crippen LogP contribution in [0.2, 0.25) is 0 Å². The van der Waals surface area contributed by atoms with Crippen LogP contribution in [0.15, 0.2) is 18.2 Å². The minimum absolute atomic E-state index is 0.393. The van der Waals surface area contributed by atoms with Crippen molar-refractivity contribution in [1.29, 1.82) is 0 Å². The molecule has 76 valence electrons. The average molecular weight is 191 g/mol. The Morgan fingerprint density at radius 2 is 1.79 bits per heavy atom. The van der Waals surface area contributed by atoms with Crippen LogP contribution in [0, 0.1) is 0 Å². The molecule has 0 atom stereocenters. The van der Waals surface area contributed by atoms with Gasteiger partial charge < -0.3 is 10.1 Å². The third-order valence-electron chi connectivity index (χ3n) is 2.36. The molecular weight excluding hydrogens is 174 g/mol. The highest BCUT2D eigenvalue weighted by molar-refractivity contribution is 5.64. The number of benzene rings is 1. The summed E-state index contributed by atoms with van der Waals surface area (Å²) in [6.45, 7) is 4.64. The van der Waals surface area contributed by atoms with Gasteiger partial charge in [-0.25, -0.2) is 0 Å². The van der Waals surface area contributed by atoms with Gasteiger partial charge in [0.2, 0.25) is 0 Å². The molecule has 0 radical (unpaired) electrons. The lowest BCUT2D eigenvalue weighted by molar-refractivity contribution is -0.106. The topological polar surface area (TPSA) is 29.1 Å². The fourth-order valence-electron chi connectivity index (χ4n) is 1.61. The Bertz CT molecular complexity index is 285. The van der Waals surface area contributed by atoms with Crippen LogP contribution in [0.1, 0.15) is 25.0 Å². The number of anilines is 1. The van der Waals surface area contributed by atoms with Gasteiger partial charge in [-0.3, -0.25) is 0 Å². The van der Waals surface area contributed by atoms with Gasteiger partial charge in [0.15, 0.2) is 0 Å². The zero-order valence-corrected chi connectivity index (χ0v) is 8.84. The minimum atomic E-state index is 0.393. The van der Waals surface area contributed by atoms with E-state index in [4.69, 9.17) is 0 Å². The maximum Gasteiger partial charge on any atom is 0.139 e. The highest BCUT2D eigenvalue weighted by atomic mass is 16.1. The third kappa shape index (κ3) is 2.34. The average Bonchev–Trinajstić information content (AvgIpc) is 2.25.